The second kappa shape index (κ2) is 7.60. The zero-order valence-corrected chi connectivity index (χ0v) is 18.2. The second-order valence-corrected chi connectivity index (χ2v) is 8.34. The van der Waals surface area contributed by atoms with Crippen LogP contribution in [0, 0.1) is 0 Å². The van der Waals surface area contributed by atoms with E-state index in [2.05, 4.69) is 0 Å². The fourth-order valence-electron chi connectivity index (χ4n) is 4.48. The predicted molar refractivity (Wildman–Crippen MR) is 116 cm³/mol. The molecule has 2 aromatic rings. The zero-order valence-electron chi connectivity index (χ0n) is 16.7. The van der Waals surface area contributed by atoms with Crippen LogP contribution in [-0.2, 0) is 16.1 Å². The summed E-state index contributed by atoms with van der Waals surface area (Å²) in [5.74, 6) is -0.704. The molecule has 2 aromatic carbocycles. The van der Waals surface area contributed by atoms with E-state index in [1.807, 2.05) is 6.92 Å². The second-order valence-electron chi connectivity index (χ2n) is 7.52. The average molecular weight is 446 g/mol. The van der Waals surface area contributed by atoms with Crippen molar-refractivity contribution in [2.75, 3.05) is 18.5 Å². The van der Waals surface area contributed by atoms with E-state index in [4.69, 9.17) is 23.2 Å². The van der Waals surface area contributed by atoms with E-state index in [1.54, 1.807) is 49.5 Å². The lowest BCUT2D eigenvalue weighted by atomic mass is 9.95. The largest absolute Gasteiger partial charge is 0.338 e. The smallest absolute Gasteiger partial charge is 0.270 e. The average Bonchev–Trinajstić information content (AvgIpc) is 3.08. The molecule has 0 bridgehead atoms. The van der Waals surface area contributed by atoms with Crippen LogP contribution in [0.25, 0.3) is 0 Å². The summed E-state index contributed by atoms with van der Waals surface area (Å²) in [7, 11) is 1.67. The lowest BCUT2D eigenvalue weighted by Gasteiger charge is -2.50. The van der Waals surface area contributed by atoms with Gasteiger partial charge in [0, 0.05) is 33.0 Å². The Morgan fingerprint density at radius 2 is 1.87 bits per heavy atom. The Kier molecular flexibility index (Phi) is 5.24. The molecule has 30 heavy (non-hydrogen) atoms. The molecule has 2 heterocycles. The van der Waals surface area contributed by atoms with Crippen molar-refractivity contribution in [2.24, 2.45) is 0 Å². The number of rotatable bonds is 4. The third-order valence-electron chi connectivity index (χ3n) is 5.78. The Morgan fingerprint density at radius 1 is 1.13 bits per heavy atom. The normalized spacial score (nSPS) is 20.3. The van der Waals surface area contributed by atoms with E-state index >= 15 is 0 Å². The molecular weight excluding hydrogens is 425 g/mol. The Bertz CT molecular complexity index is 1060. The summed E-state index contributed by atoms with van der Waals surface area (Å²) in [5.41, 5.74) is 0.372. The number of carbonyl (C=O) groups excluding carboxylic acids is 3. The first-order chi connectivity index (χ1) is 14.3. The van der Waals surface area contributed by atoms with Gasteiger partial charge in [0.05, 0.1) is 21.3 Å². The fourth-order valence-corrected chi connectivity index (χ4v) is 4.80. The van der Waals surface area contributed by atoms with Gasteiger partial charge in [-0.15, -0.1) is 0 Å². The van der Waals surface area contributed by atoms with E-state index in [0.29, 0.717) is 27.8 Å². The molecular formula is C22H21Cl2N3O3. The number of para-hydroxylation sites is 1. The number of fused-ring (bicyclic) bond motifs is 3. The maximum atomic E-state index is 13.8. The third-order valence-corrected chi connectivity index (χ3v) is 6.52. The van der Waals surface area contributed by atoms with Crippen LogP contribution < -0.4 is 4.90 Å². The Balaban J connectivity index is 1.76. The quantitative estimate of drug-likeness (QED) is 0.715. The first kappa shape index (κ1) is 20.7. The van der Waals surface area contributed by atoms with Crippen molar-refractivity contribution in [3.63, 3.8) is 0 Å². The Hall–Kier alpha value is -2.57. The highest BCUT2D eigenvalue weighted by Crippen LogP contribution is 2.45. The Morgan fingerprint density at radius 3 is 2.57 bits per heavy atom. The van der Waals surface area contributed by atoms with Crippen molar-refractivity contribution in [3.8, 4) is 0 Å². The molecule has 1 atom stereocenters. The van der Waals surface area contributed by atoms with Crippen molar-refractivity contribution < 1.29 is 14.4 Å². The van der Waals surface area contributed by atoms with Crippen molar-refractivity contribution >= 4 is 46.6 Å². The molecule has 6 nitrogen and oxygen atoms in total. The summed E-state index contributed by atoms with van der Waals surface area (Å²) >= 11 is 12.1. The number of nitrogens with zero attached hydrogens (tertiary/aromatic N) is 3. The molecule has 0 radical (unpaired) electrons. The highest BCUT2D eigenvalue weighted by Gasteiger charge is 2.61. The van der Waals surface area contributed by atoms with Crippen LogP contribution >= 0.6 is 23.2 Å². The maximum Gasteiger partial charge on any atom is 0.270 e. The molecule has 0 saturated carbocycles. The van der Waals surface area contributed by atoms with Gasteiger partial charge < -0.3 is 9.80 Å². The van der Waals surface area contributed by atoms with E-state index in [0.717, 1.165) is 5.56 Å². The molecule has 4 rings (SSSR count). The van der Waals surface area contributed by atoms with Crippen molar-refractivity contribution in [1.29, 1.82) is 0 Å². The fraction of sp³-hybridized carbons (Fsp3) is 0.318. The van der Waals surface area contributed by atoms with Gasteiger partial charge in [0.15, 0.2) is 0 Å². The lowest BCUT2D eigenvalue weighted by molar-refractivity contribution is -0.143. The van der Waals surface area contributed by atoms with Gasteiger partial charge in [-0.3, -0.25) is 19.3 Å². The van der Waals surface area contributed by atoms with Gasteiger partial charge in [-0.05, 0) is 36.8 Å². The third kappa shape index (κ3) is 2.97. The number of likely N-dealkylation sites (N-methyl/N-ethyl adjacent to an activating group) is 2. The maximum absolute atomic E-state index is 13.8. The Labute approximate surface area is 184 Å². The molecule has 0 N–H and O–H groups in total. The number of carbonyl (C=O) groups is 3. The number of hydrogen-bond acceptors (Lipinski definition) is 3. The SMILES string of the molecule is CCN1C(=O)c2ccccc2N2C(=O)CC[C@]12C(=O)N(C)Cc1ccc(Cl)c(Cl)c1. The van der Waals surface area contributed by atoms with Gasteiger partial charge in [0.25, 0.3) is 11.8 Å². The standard InChI is InChI=1S/C22H21Cl2N3O3/c1-3-26-20(29)15-6-4-5-7-18(15)27-19(28)10-11-22(26,27)21(30)25(2)13-14-8-9-16(23)17(24)12-14/h4-9,12H,3,10-11,13H2,1-2H3/t22-/m0/s1. The molecule has 1 saturated heterocycles. The van der Waals surface area contributed by atoms with Crippen LogP contribution in [0.2, 0.25) is 10.0 Å². The van der Waals surface area contributed by atoms with Gasteiger partial charge in [0.1, 0.15) is 0 Å². The predicted octanol–water partition coefficient (Wildman–Crippen LogP) is 3.95. The summed E-state index contributed by atoms with van der Waals surface area (Å²) in [6, 6.07) is 12.1. The zero-order chi connectivity index (χ0) is 21.6. The number of anilines is 1. The van der Waals surface area contributed by atoms with Gasteiger partial charge >= 0.3 is 0 Å². The molecule has 2 aliphatic rings. The van der Waals surface area contributed by atoms with Crippen LogP contribution in [-0.4, -0.2) is 46.8 Å². The van der Waals surface area contributed by atoms with Gasteiger partial charge in [-0.1, -0.05) is 41.4 Å². The highest BCUT2D eigenvalue weighted by molar-refractivity contribution is 6.42. The molecule has 8 heteroatoms. The summed E-state index contributed by atoms with van der Waals surface area (Å²) in [6.07, 6.45) is 0.453. The molecule has 1 fully saturated rings. The molecule has 0 unspecified atom stereocenters. The minimum Gasteiger partial charge on any atom is -0.338 e. The molecule has 3 amide bonds. The molecule has 156 valence electrons. The van der Waals surface area contributed by atoms with Gasteiger partial charge in [0.2, 0.25) is 11.6 Å². The summed E-state index contributed by atoms with van der Waals surface area (Å²) in [6.45, 7) is 2.40. The van der Waals surface area contributed by atoms with E-state index in [1.165, 1.54) is 14.7 Å². The van der Waals surface area contributed by atoms with E-state index in [9.17, 15) is 14.4 Å². The number of amides is 3. The summed E-state index contributed by atoms with van der Waals surface area (Å²) < 4.78 is 0. The molecule has 0 spiro atoms. The first-order valence-corrected chi connectivity index (χ1v) is 10.5. The van der Waals surface area contributed by atoms with Crippen LogP contribution in [0.3, 0.4) is 0 Å². The van der Waals surface area contributed by atoms with Crippen molar-refractivity contribution in [1.82, 2.24) is 9.80 Å². The molecule has 0 aliphatic carbocycles. The van der Waals surface area contributed by atoms with Gasteiger partial charge in [-0.2, -0.15) is 0 Å². The van der Waals surface area contributed by atoms with Crippen molar-refractivity contribution in [2.45, 2.75) is 32.0 Å². The monoisotopic (exact) mass is 445 g/mol. The number of hydrogen-bond donors (Lipinski definition) is 0. The number of benzene rings is 2. The minimum atomic E-state index is -1.36. The highest BCUT2D eigenvalue weighted by atomic mass is 35.5. The molecule has 2 aliphatic heterocycles. The number of halogens is 2. The first-order valence-electron chi connectivity index (χ1n) is 9.74. The molecule has 0 aromatic heterocycles. The van der Waals surface area contributed by atoms with Crippen LogP contribution in [0.5, 0.6) is 0 Å². The topological polar surface area (TPSA) is 60.9 Å². The lowest BCUT2D eigenvalue weighted by Crippen LogP contribution is -2.70. The summed E-state index contributed by atoms with van der Waals surface area (Å²) in [4.78, 5) is 44.5. The van der Waals surface area contributed by atoms with Gasteiger partial charge in [-0.25, -0.2) is 0 Å². The van der Waals surface area contributed by atoms with Crippen LogP contribution in [0.4, 0.5) is 5.69 Å². The minimum absolute atomic E-state index is 0.162. The van der Waals surface area contributed by atoms with E-state index < -0.39 is 5.66 Å². The van der Waals surface area contributed by atoms with Crippen LogP contribution in [0.15, 0.2) is 42.5 Å². The van der Waals surface area contributed by atoms with Crippen LogP contribution in [0.1, 0.15) is 35.7 Å². The van der Waals surface area contributed by atoms with E-state index in [-0.39, 0.29) is 37.1 Å². The summed E-state index contributed by atoms with van der Waals surface area (Å²) in [5, 5.41) is 0.843. The van der Waals surface area contributed by atoms with Crippen molar-refractivity contribution in [3.05, 3.63) is 63.6 Å².